The van der Waals surface area contributed by atoms with E-state index in [1.807, 2.05) is 0 Å². The van der Waals surface area contributed by atoms with Gasteiger partial charge in [0.25, 0.3) is 0 Å². The first-order valence-electron chi connectivity index (χ1n) is 32.3. The summed E-state index contributed by atoms with van der Waals surface area (Å²) in [7, 11) is 0. The van der Waals surface area contributed by atoms with Crippen molar-refractivity contribution in [3.63, 3.8) is 0 Å². The average Bonchev–Trinajstić information content (AvgIpc) is 3.47. The zero-order chi connectivity index (χ0) is 58.5. The van der Waals surface area contributed by atoms with E-state index >= 15 is 0 Å². The standard InChI is InChI=1S/C75H116O6/c1-4-7-10-13-16-19-22-25-28-30-31-32-33-34-35-36-37-38-39-40-41-42-43-45-47-50-53-56-59-62-65-68-74(77)80-71-72(70-79-73(76)67-64-61-58-55-52-49-46-27-24-21-18-15-12-9-6-3)81-75(78)69-66-63-60-57-54-51-48-44-29-26-23-20-17-14-11-8-5-2/h7-12,16-21,25-29,31-32,34-35,37-38,46,48,51-52,55,57,60,72H,4-6,13-15,22-24,30,33,36,39-45,47,49-50,53-54,56,58-59,61-71H2,1-3H3/b10-7-,11-8-,12-9-,19-16-,20-17-,21-18-,28-25-,29-26-,32-31-,35-34-,38-37-,46-27-,51-48-,55-52-,60-57-. The van der Waals surface area contributed by atoms with Crippen LogP contribution in [0.5, 0.6) is 0 Å². The van der Waals surface area contributed by atoms with Gasteiger partial charge >= 0.3 is 17.9 Å². The molecule has 0 fully saturated rings. The third kappa shape index (κ3) is 65.2. The first-order chi connectivity index (χ1) is 40.0. The van der Waals surface area contributed by atoms with Gasteiger partial charge in [0.1, 0.15) is 13.2 Å². The number of carbonyl (C=O) groups excluding carboxylic acids is 3. The summed E-state index contributed by atoms with van der Waals surface area (Å²) in [4.78, 5) is 38.3. The van der Waals surface area contributed by atoms with E-state index in [1.54, 1.807) is 0 Å². The summed E-state index contributed by atoms with van der Waals surface area (Å²) in [5, 5.41) is 0. The van der Waals surface area contributed by atoms with Gasteiger partial charge in [-0.1, -0.05) is 267 Å². The minimum atomic E-state index is -0.836. The number of ether oxygens (including phenoxy) is 3. The van der Waals surface area contributed by atoms with Crippen LogP contribution in [0.4, 0.5) is 0 Å². The molecule has 0 amide bonds. The molecule has 0 aliphatic rings. The van der Waals surface area contributed by atoms with Crippen LogP contribution in [0.2, 0.25) is 0 Å². The van der Waals surface area contributed by atoms with E-state index in [-0.39, 0.29) is 44.0 Å². The lowest BCUT2D eigenvalue weighted by atomic mass is 10.0. The van der Waals surface area contributed by atoms with Gasteiger partial charge in [-0.2, -0.15) is 0 Å². The molecule has 0 aromatic heterocycles. The molecule has 0 rings (SSSR count). The van der Waals surface area contributed by atoms with E-state index in [4.69, 9.17) is 14.2 Å². The molecule has 0 aromatic rings. The Morgan fingerprint density at radius 1 is 0.247 bits per heavy atom. The second-order valence-corrected chi connectivity index (χ2v) is 20.5. The van der Waals surface area contributed by atoms with Gasteiger partial charge in [-0.15, -0.1) is 0 Å². The van der Waals surface area contributed by atoms with Gasteiger partial charge in [0.15, 0.2) is 6.10 Å². The third-order valence-electron chi connectivity index (χ3n) is 12.9. The molecule has 81 heavy (non-hydrogen) atoms. The lowest BCUT2D eigenvalue weighted by Gasteiger charge is -2.18. The van der Waals surface area contributed by atoms with Crippen molar-refractivity contribution in [1.82, 2.24) is 0 Å². The van der Waals surface area contributed by atoms with Crippen molar-refractivity contribution in [2.45, 2.75) is 258 Å². The molecule has 0 saturated heterocycles. The molecule has 0 N–H and O–H groups in total. The highest BCUT2D eigenvalue weighted by molar-refractivity contribution is 5.71. The second-order valence-electron chi connectivity index (χ2n) is 20.5. The van der Waals surface area contributed by atoms with Crippen molar-refractivity contribution in [3.8, 4) is 0 Å². The van der Waals surface area contributed by atoms with Gasteiger partial charge < -0.3 is 14.2 Å². The summed E-state index contributed by atoms with van der Waals surface area (Å²) in [5.74, 6) is -1.03. The van der Waals surface area contributed by atoms with Crippen LogP contribution in [0.25, 0.3) is 0 Å². The Morgan fingerprint density at radius 3 is 0.753 bits per heavy atom. The Kier molecular flexibility index (Phi) is 62.5. The Bertz CT molecular complexity index is 1900. The van der Waals surface area contributed by atoms with Gasteiger partial charge in [0.2, 0.25) is 0 Å². The fourth-order valence-corrected chi connectivity index (χ4v) is 8.18. The smallest absolute Gasteiger partial charge is 0.306 e. The van der Waals surface area contributed by atoms with Crippen molar-refractivity contribution in [3.05, 3.63) is 182 Å². The molecule has 452 valence electrons. The monoisotopic (exact) mass is 1110 g/mol. The van der Waals surface area contributed by atoms with Crippen LogP contribution in [0, 0.1) is 0 Å². The van der Waals surface area contributed by atoms with Gasteiger partial charge in [0, 0.05) is 19.3 Å². The van der Waals surface area contributed by atoms with Crippen LogP contribution in [0.15, 0.2) is 182 Å². The highest BCUT2D eigenvalue weighted by Gasteiger charge is 2.19. The topological polar surface area (TPSA) is 78.9 Å². The number of hydrogen-bond acceptors (Lipinski definition) is 6. The quantitative estimate of drug-likeness (QED) is 0.0261. The number of unbranched alkanes of at least 4 members (excludes halogenated alkanes) is 15. The number of carbonyl (C=O) groups is 3. The zero-order valence-corrected chi connectivity index (χ0v) is 51.7. The van der Waals surface area contributed by atoms with Crippen LogP contribution in [0.1, 0.15) is 252 Å². The Balaban J connectivity index is 4.40. The molecule has 6 nitrogen and oxygen atoms in total. The molecular formula is C75H116O6. The molecule has 0 saturated carbocycles. The summed E-state index contributed by atoms with van der Waals surface area (Å²) >= 11 is 0. The maximum atomic E-state index is 12.9. The van der Waals surface area contributed by atoms with E-state index in [2.05, 4.69) is 203 Å². The predicted octanol–water partition coefficient (Wildman–Crippen LogP) is 22.4. The van der Waals surface area contributed by atoms with Crippen molar-refractivity contribution in [2.75, 3.05) is 13.2 Å². The molecule has 0 aliphatic heterocycles. The van der Waals surface area contributed by atoms with Crippen molar-refractivity contribution >= 4 is 17.9 Å². The number of rotatable bonds is 56. The molecule has 0 aliphatic carbocycles. The van der Waals surface area contributed by atoms with Crippen LogP contribution in [0.3, 0.4) is 0 Å². The maximum Gasteiger partial charge on any atom is 0.306 e. The maximum absolute atomic E-state index is 12.9. The third-order valence-corrected chi connectivity index (χ3v) is 12.9. The van der Waals surface area contributed by atoms with Crippen LogP contribution in [-0.4, -0.2) is 37.2 Å². The first kappa shape index (κ1) is 75.5. The summed E-state index contributed by atoms with van der Waals surface area (Å²) < 4.78 is 16.8. The molecule has 0 spiro atoms. The molecule has 0 bridgehead atoms. The van der Waals surface area contributed by atoms with E-state index in [9.17, 15) is 14.4 Å². The molecule has 1 atom stereocenters. The highest BCUT2D eigenvalue weighted by Crippen LogP contribution is 2.15. The SMILES string of the molecule is CC/C=C\C/C=C\C/C=C\C/C=C\C/C=C\C/C=C\CCCCCCCCCCCCCCC(=O)OCC(COC(=O)CCCC/C=C\C/C=C\C/C=C\C/C=C\CC)OC(=O)CCC/C=C\C/C=C\C/C=C\C/C=C\C/C=C\CC. The van der Waals surface area contributed by atoms with E-state index in [0.29, 0.717) is 19.3 Å². The van der Waals surface area contributed by atoms with Crippen LogP contribution in [-0.2, 0) is 28.6 Å². The fourth-order valence-electron chi connectivity index (χ4n) is 8.18. The normalized spacial score (nSPS) is 13.4. The molecular weight excluding hydrogens is 997 g/mol. The largest absolute Gasteiger partial charge is 0.462 e. The molecule has 1 unspecified atom stereocenters. The molecule has 0 heterocycles. The molecule has 6 heteroatoms. The van der Waals surface area contributed by atoms with E-state index in [1.165, 1.54) is 64.2 Å². The Morgan fingerprint density at radius 2 is 0.457 bits per heavy atom. The lowest BCUT2D eigenvalue weighted by Crippen LogP contribution is -2.30. The summed E-state index contributed by atoms with van der Waals surface area (Å²) in [6, 6.07) is 0. The average molecular weight is 1110 g/mol. The number of allylic oxidation sites excluding steroid dienone is 30. The van der Waals surface area contributed by atoms with E-state index in [0.717, 1.165) is 135 Å². The lowest BCUT2D eigenvalue weighted by molar-refractivity contribution is -0.167. The van der Waals surface area contributed by atoms with Gasteiger partial charge in [-0.25, -0.2) is 0 Å². The molecule has 0 aromatic carbocycles. The van der Waals surface area contributed by atoms with Crippen molar-refractivity contribution in [1.29, 1.82) is 0 Å². The van der Waals surface area contributed by atoms with Gasteiger partial charge in [-0.3, -0.25) is 14.4 Å². The summed E-state index contributed by atoms with van der Waals surface area (Å²) in [6.07, 6.45) is 101. The van der Waals surface area contributed by atoms with Gasteiger partial charge in [0.05, 0.1) is 0 Å². The Labute approximate surface area is 497 Å². The van der Waals surface area contributed by atoms with Crippen molar-refractivity contribution < 1.29 is 28.6 Å². The summed E-state index contributed by atoms with van der Waals surface area (Å²) in [6.45, 7) is 6.20. The van der Waals surface area contributed by atoms with Crippen molar-refractivity contribution in [2.24, 2.45) is 0 Å². The minimum Gasteiger partial charge on any atom is -0.462 e. The predicted molar refractivity (Wildman–Crippen MR) is 352 cm³/mol. The fraction of sp³-hybridized carbons (Fsp3) is 0.560. The Hall–Kier alpha value is -5.49. The minimum absolute atomic E-state index is 0.123. The van der Waals surface area contributed by atoms with Crippen LogP contribution < -0.4 is 0 Å². The molecule has 0 radical (unpaired) electrons. The van der Waals surface area contributed by atoms with E-state index < -0.39 is 6.10 Å². The van der Waals surface area contributed by atoms with Gasteiger partial charge in [-0.05, 0) is 148 Å². The second kappa shape index (κ2) is 67.0. The van der Waals surface area contributed by atoms with Crippen LogP contribution >= 0.6 is 0 Å². The summed E-state index contributed by atoms with van der Waals surface area (Å²) in [5.41, 5.74) is 0. The number of esters is 3. The first-order valence-corrected chi connectivity index (χ1v) is 32.3. The highest BCUT2D eigenvalue weighted by atomic mass is 16.6. The zero-order valence-electron chi connectivity index (χ0n) is 51.7. The number of hydrogen-bond donors (Lipinski definition) is 0.